The van der Waals surface area contributed by atoms with Crippen LogP contribution in [0.5, 0.6) is 0 Å². The van der Waals surface area contributed by atoms with Crippen LogP contribution in [0.25, 0.3) is 16.5 Å². The van der Waals surface area contributed by atoms with Crippen molar-refractivity contribution in [2.24, 2.45) is 0 Å². The third kappa shape index (κ3) is 3.25. The van der Waals surface area contributed by atoms with Crippen molar-refractivity contribution in [3.05, 3.63) is 53.7 Å². The van der Waals surface area contributed by atoms with E-state index < -0.39 is 22.4 Å². The van der Waals surface area contributed by atoms with Crippen LogP contribution in [0.4, 0.5) is 13.2 Å². The van der Waals surface area contributed by atoms with Gasteiger partial charge in [-0.05, 0) is 44.0 Å². The number of benzene rings is 1. The van der Waals surface area contributed by atoms with Crippen LogP contribution >= 0.6 is 0 Å². The monoisotopic (exact) mass is 424 g/mol. The quantitative estimate of drug-likeness (QED) is 0.694. The van der Waals surface area contributed by atoms with Crippen LogP contribution in [0.15, 0.2) is 41.6 Å². The topological polar surface area (TPSA) is 68.9 Å². The second-order valence-corrected chi connectivity index (χ2v) is 8.85. The molecule has 1 aromatic carbocycles. The van der Waals surface area contributed by atoms with Gasteiger partial charge in [-0.1, -0.05) is 6.08 Å². The van der Waals surface area contributed by atoms with Gasteiger partial charge in [-0.25, -0.2) is 21.5 Å². The van der Waals surface area contributed by atoms with Crippen molar-refractivity contribution in [2.75, 3.05) is 6.54 Å². The lowest BCUT2D eigenvalue weighted by molar-refractivity contribution is 0.0541. The summed E-state index contributed by atoms with van der Waals surface area (Å²) < 4.78 is 68.0. The maximum absolute atomic E-state index is 14.0. The zero-order valence-corrected chi connectivity index (χ0v) is 16.5. The molecule has 1 unspecified atom stereocenters. The Bertz CT molecular complexity index is 1230. The molecule has 0 bridgehead atoms. The minimum atomic E-state index is -4.22. The summed E-state index contributed by atoms with van der Waals surface area (Å²) in [6, 6.07) is 4.03. The van der Waals surface area contributed by atoms with Crippen molar-refractivity contribution < 1.29 is 21.6 Å². The molecule has 29 heavy (non-hydrogen) atoms. The molecule has 3 aromatic rings. The maximum atomic E-state index is 14.0. The molecule has 0 amide bonds. The molecule has 3 heterocycles. The first-order valence-electron chi connectivity index (χ1n) is 9.01. The first-order valence-corrected chi connectivity index (χ1v) is 10.5. The van der Waals surface area contributed by atoms with E-state index in [1.165, 1.54) is 31.3 Å². The number of aromatic nitrogens is 3. The maximum Gasteiger partial charge on any atom is 0.333 e. The number of fused-ring (bicyclic) bond motifs is 1. The average molecular weight is 424 g/mol. The lowest BCUT2D eigenvalue weighted by atomic mass is 9.96. The molecular formula is C19H19F3N4O2S. The predicted octanol–water partition coefficient (Wildman–Crippen LogP) is 3.68. The summed E-state index contributed by atoms with van der Waals surface area (Å²) in [5.74, 6) is -0.488. The average Bonchev–Trinajstić information content (AvgIpc) is 3.23. The molecule has 1 aliphatic heterocycles. The zero-order valence-electron chi connectivity index (χ0n) is 15.7. The van der Waals surface area contributed by atoms with Crippen molar-refractivity contribution in [2.45, 2.75) is 37.8 Å². The number of rotatable bonds is 4. The van der Waals surface area contributed by atoms with E-state index in [9.17, 15) is 21.6 Å². The van der Waals surface area contributed by atoms with E-state index in [0.29, 0.717) is 28.6 Å². The summed E-state index contributed by atoms with van der Waals surface area (Å²) in [4.78, 5) is -0.321. The Hall–Kier alpha value is -2.59. The van der Waals surface area contributed by atoms with E-state index in [2.05, 4.69) is 10.4 Å². The highest BCUT2D eigenvalue weighted by atomic mass is 32.2. The van der Waals surface area contributed by atoms with Gasteiger partial charge >= 0.3 is 6.55 Å². The smallest absolute Gasteiger partial charge is 0.310 e. The normalized spacial score (nSPS) is 17.9. The molecule has 0 fully saturated rings. The van der Waals surface area contributed by atoms with Gasteiger partial charge in [0.2, 0.25) is 0 Å². The third-order valence-corrected chi connectivity index (χ3v) is 6.92. The van der Waals surface area contributed by atoms with Crippen LogP contribution in [0, 0.1) is 12.7 Å². The number of hydrogen-bond donors (Lipinski definition) is 1. The Labute approximate surface area is 165 Å². The van der Waals surface area contributed by atoms with Gasteiger partial charge in [0.05, 0.1) is 17.4 Å². The summed E-state index contributed by atoms with van der Waals surface area (Å²) >= 11 is 0. The van der Waals surface area contributed by atoms with Gasteiger partial charge in [-0.15, -0.1) is 0 Å². The van der Waals surface area contributed by atoms with Crippen LogP contribution in [0.3, 0.4) is 0 Å². The molecule has 1 atom stereocenters. The molecule has 6 nitrogen and oxygen atoms in total. The van der Waals surface area contributed by atoms with E-state index >= 15 is 0 Å². The van der Waals surface area contributed by atoms with Gasteiger partial charge < -0.3 is 5.32 Å². The summed E-state index contributed by atoms with van der Waals surface area (Å²) in [5, 5.41) is 7.22. The summed E-state index contributed by atoms with van der Waals surface area (Å²) in [6.45, 7) is 0.943. The second kappa shape index (κ2) is 7.03. The van der Waals surface area contributed by atoms with Gasteiger partial charge in [0, 0.05) is 29.7 Å². The number of alkyl halides is 2. The van der Waals surface area contributed by atoms with Gasteiger partial charge in [0.1, 0.15) is 10.7 Å². The van der Waals surface area contributed by atoms with Crippen LogP contribution < -0.4 is 5.32 Å². The molecule has 0 radical (unpaired) electrons. The molecule has 1 aliphatic rings. The van der Waals surface area contributed by atoms with Crippen LogP contribution in [-0.2, 0) is 10.0 Å². The van der Waals surface area contributed by atoms with E-state index in [-0.39, 0.29) is 22.1 Å². The number of nitrogens with zero attached hydrogens (tertiary/aromatic N) is 3. The zero-order chi connectivity index (χ0) is 20.9. The van der Waals surface area contributed by atoms with Crippen LogP contribution in [0.1, 0.15) is 31.2 Å². The lowest BCUT2D eigenvalue weighted by Crippen LogP contribution is -2.29. The minimum Gasteiger partial charge on any atom is -0.310 e. The second-order valence-electron chi connectivity index (χ2n) is 7.06. The molecule has 0 saturated heterocycles. The van der Waals surface area contributed by atoms with Gasteiger partial charge in [0.25, 0.3) is 10.0 Å². The number of nitrogens with one attached hydrogen (secondary N) is 1. The molecular weight excluding hydrogens is 405 g/mol. The predicted molar refractivity (Wildman–Crippen MR) is 103 cm³/mol. The van der Waals surface area contributed by atoms with E-state index in [1.54, 1.807) is 0 Å². The van der Waals surface area contributed by atoms with Gasteiger partial charge in [-0.3, -0.25) is 0 Å². The molecule has 0 saturated carbocycles. The Morgan fingerprint density at radius 3 is 2.72 bits per heavy atom. The Morgan fingerprint density at radius 2 is 2.07 bits per heavy atom. The van der Waals surface area contributed by atoms with Crippen molar-refractivity contribution in [1.82, 2.24) is 19.1 Å². The SMILES string of the molecule is Cc1c(S(=O)(=O)n2cc(C3=CCNC(C)C3)c3cc(F)ccc32)cnn1C(F)F. The molecule has 154 valence electrons. The highest BCUT2D eigenvalue weighted by Gasteiger charge is 2.28. The van der Waals surface area contributed by atoms with Crippen molar-refractivity contribution in [1.29, 1.82) is 0 Å². The third-order valence-electron chi connectivity index (χ3n) is 5.14. The highest BCUT2D eigenvalue weighted by Crippen LogP contribution is 2.34. The minimum absolute atomic E-state index is 0.166. The van der Waals surface area contributed by atoms with Gasteiger partial charge in [-0.2, -0.15) is 13.9 Å². The Morgan fingerprint density at radius 1 is 1.31 bits per heavy atom. The lowest BCUT2D eigenvalue weighted by Gasteiger charge is -2.20. The Kier molecular flexibility index (Phi) is 4.78. The summed E-state index contributed by atoms with van der Waals surface area (Å²) in [7, 11) is -4.22. The highest BCUT2D eigenvalue weighted by molar-refractivity contribution is 7.90. The van der Waals surface area contributed by atoms with Crippen molar-refractivity contribution >= 4 is 26.5 Å². The van der Waals surface area contributed by atoms with Crippen molar-refractivity contribution in [3.63, 3.8) is 0 Å². The fourth-order valence-corrected chi connectivity index (χ4v) is 5.20. The standard InChI is InChI=1S/C19H19F3N4O2S/c1-11-7-13(5-6-23-11)16-10-25(17-4-3-14(20)8-15(16)17)29(27,28)18-9-24-26(12(18)2)19(21)22/h3-5,8-11,19,23H,6-7H2,1-2H3. The van der Waals surface area contributed by atoms with Crippen LogP contribution in [0.2, 0.25) is 0 Å². The van der Waals surface area contributed by atoms with E-state index in [4.69, 9.17) is 0 Å². The Balaban J connectivity index is 1.94. The number of hydrogen-bond acceptors (Lipinski definition) is 4. The van der Waals surface area contributed by atoms with E-state index in [0.717, 1.165) is 15.7 Å². The molecule has 2 aromatic heterocycles. The fourth-order valence-electron chi connectivity index (χ4n) is 3.68. The molecule has 1 N–H and O–H groups in total. The van der Waals surface area contributed by atoms with Crippen LogP contribution in [-0.4, -0.2) is 34.8 Å². The van der Waals surface area contributed by atoms with E-state index in [1.807, 2.05) is 13.0 Å². The molecule has 10 heteroatoms. The molecule has 0 aliphatic carbocycles. The summed E-state index contributed by atoms with van der Waals surface area (Å²) in [6.07, 6.45) is 4.94. The fraction of sp³-hybridized carbons (Fsp3) is 0.316. The summed E-state index contributed by atoms with van der Waals surface area (Å²) in [5.41, 5.74) is 1.62. The molecule has 4 rings (SSSR count). The largest absolute Gasteiger partial charge is 0.333 e. The first kappa shape index (κ1) is 19.7. The van der Waals surface area contributed by atoms with Crippen molar-refractivity contribution in [3.8, 4) is 0 Å². The first-order chi connectivity index (χ1) is 13.7. The molecule has 0 spiro atoms. The van der Waals surface area contributed by atoms with Gasteiger partial charge in [0.15, 0.2) is 0 Å². The number of halogens is 3.